The van der Waals surface area contributed by atoms with E-state index in [-0.39, 0.29) is 17.2 Å². The van der Waals surface area contributed by atoms with Crippen molar-refractivity contribution in [2.75, 3.05) is 11.9 Å². The van der Waals surface area contributed by atoms with Crippen LogP contribution in [0, 0.1) is 0 Å². The Labute approximate surface area is 171 Å². The van der Waals surface area contributed by atoms with E-state index in [4.69, 9.17) is 25.2 Å². The van der Waals surface area contributed by atoms with Crippen molar-refractivity contribution in [3.8, 4) is 5.75 Å². The van der Waals surface area contributed by atoms with Gasteiger partial charge in [0.2, 0.25) is 5.78 Å². The first kappa shape index (κ1) is 18.8. The number of nitrogens with one attached hydrogen (secondary N) is 1. The fourth-order valence-electron chi connectivity index (χ4n) is 2.96. The maximum absolute atomic E-state index is 13.2. The van der Waals surface area contributed by atoms with Crippen molar-refractivity contribution in [3.63, 3.8) is 0 Å². The van der Waals surface area contributed by atoms with Crippen molar-refractivity contribution in [2.24, 2.45) is 0 Å². The summed E-state index contributed by atoms with van der Waals surface area (Å²) in [7, 11) is 0. The maximum Gasteiger partial charge on any atom is 0.291 e. The Morgan fingerprint density at radius 3 is 2.66 bits per heavy atom. The van der Waals surface area contributed by atoms with Gasteiger partial charge in [-0.3, -0.25) is 9.59 Å². The van der Waals surface area contributed by atoms with E-state index >= 15 is 0 Å². The lowest BCUT2D eigenvalue weighted by Crippen LogP contribution is -2.13. The lowest BCUT2D eigenvalue weighted by molar-refractivity contribution is 0.0996. The van der Waals surface area contributed by atoms with Crippen LogP contribution >= 0.6 is 11.6 Å². The van der Waals surface area contributed by atoms with Gasteiger partial charge in [-0.15, -0.1) is 0 Å². The number of fused-ring (bicyclic) bond motifs is 1. The monoisotopic (exact) mass is 409 g/mol. The molecule has 0 saturated heterocycles. The summed E-state index contributed by atoms with van der Waals surface area (Å²) in [5.41, 5.74) is 1.06. The molecule has 1 N–H and O–H groups in total. The number of carbonyl (C=O) groups is 2. The SMILES string of the molecule is CCOc1ccc(C(=O)c2oc3ccccc3c2NC(=O)c2ccco2)cc1Cl. The van der Waals surface area contributed by atoms with Crippen molar-refractivity contribution in [2.45, 2.75) is 6.92 Å². The molecule has 29 heavy (non-hydrogen) atoms. The number of ketones is 1. The topological polar surface area (TPSA) is 81.7 Å². The molecule has 146 valence electrons. The third-order valence-electron chi connectivity index (χ3n) is 4.28. The average Bonchev–Trinajstić information content (AvgIpc) is 3.38. The van der Waals surface area contributed by atoms with Gasteiger partial charge in [0.1, 0.15) is 11.3 Å². The Morgan fingerprint density at radius 1 is 1.10 bits per heavy atom. The lowest BCUT2D eigenvalue weighted by atomic mass is 10.1. The first-order valence-corrected chi connectivity index (χ1v) is 9.29. The highest BCUT2D eigenvalue weighted by Gasteiger charge is 2.25. The van der Waals surface area contributed by atoms with Gasteiger partial charge in [0.15, 0.2) is 11.5 Å². The zero-order valence-corrected chi connectivity index (χ0v) is 16.2. The van der Waals surface area contributed by atoms with Gasteiger partial charge >= 0.3 is 0 Å². The molecule has 0 unspecified atom stereocenters. The van der Waals surface area contributed by atoms with Crippen LogP contribution in [0.5, 0.6) is 5.75 Å². The summed E-state index contributed by atoms with van der Waals surface area (Å²) < 4.78 is 16.3. The summed E-state index contributed by atoms with van der Waals surface area (Å²) in [6.07, 6.45) is 1.40. The molecule has 0 aliphatic rings. The van der Waals surface area contributed by atoms with E-state index in [1.54, 1.807) is 42.5 Å². The van der Waals surface area contributed by atoms with Crippen LogP contribution in [0.15, 0.2) is 69.7 Å². The standard InChI is InChI=1S/C22H16ClNO5/c1-2-27-17-10-9-13(12-15(17)23)20(25)21-19(14-6-3-4-7-16(14)29-21)24-22(26)18-8-5-11-28-18/h3-12H,2H2,1H3,(H,24,26). The van der Waals surface area contributed by atoms with E-state index in [1.807, 2.05) is 6.92 Å². The molecule has 1 amide bonds. The molecule has 2 aromatic heterocycles. The Bertz CT molecular complexity index is 1190. The Balaban J connectivity index is 1.76. The number of hydrogen-bond donors (Lipinski definition) is 1. The molecular weight excluding hydrogens is 394 g/mol. The van der Waals surface area contributed by atoms with Crippen molar-refractivity contribution in [3.05, 3.63) is 83.0 Å². The fraction of sp³-hybridized carbons (Fsp3) is 0.0909. The number of carbonyl (C=O) groups excluding carboxylic acids is 2. The number of furan rings is 2. The van der Waals surface area contributed by atoms with Crippen LogP contribution in [-0.2, 0) is 0 Å². The minimum atomic E-state index is -0.486. The van der Waals surface area contributed by atoms with Gasteiger partial charge in [-0.05, 0) is 49.4 Å². The number of rotatable bonds is 6. The van der Waals surface area contributed by atoms with Crippen LogP contribution < -0.4 is 10.1 Å². The highest BCUT2D eigenvalue weighted by molar-refractivity contribution is 6.32. The second-order valence-corrected chi connectivity index (χ2v) is 6.55. The molecule has 4 rings (SSSR count). The number of amides is 1. The number of hydrogen-bond acceptors (Lipinski definition) is 5. The summed E-state index contributed by atoms with van der Waals surface area (Å²) in [5, 5.41) is 3.65. The smallest absolute Gasteiger partial charge is 0.291 e. The van der Waals surface area contributed by atoms with Crippen LogP contribution in [0.25, 0.3) is 11.0 Å². The second kappa shape index (κ2) is 7.85. The van der Waals surface area contributed by atoms with E-state index in [0.717, 1.165) is 0 Å². The third-order valence-corrected chi connectivity index (χ3v) is 4.57. The summed E-state index contributed by atoms with van der Waals surface area (Å²) in [6, 6.07) is 14.9. The number of halogens is 1. The van der Waals surface area contributed by atoms with Crippen molar-refractivity contribution >= 4 is 39.9 Å². The van der Waals surface area contributed by atoms with Gasteiger partial charge in [0.05, 0.1) is 23.6 Å². The van der Waals surface area contributed by atoms with Crippen molar-refractivity contribution < 1.29 is 23.2 Å². The predicted octanol–water partition coefficient (Wildman–Crippen LogP) is 5.56. The highest BCUT2D eigenvalue weighted by Crippen LogP contribution is 2.34. The Hall–Kier alpha value is -3.51. The van der Waals surface area contributed by atoms with Crippen molar-refractivity contribution in [1.29, 1.82) is 0 Å². The molecule has 6 nitrogen and oxygen atoms in total. The molecule has 2 aromatic carbocycles. The normalized spacial score (nSPS) is 10.8. The lowest BCUT2D eigenvalue weighted by Gasteiger charge is -2.08. The number of benzene rings is 2. The number of anilines is 1. The largest absolute Gasteiger partial charge is 0.492 e. The van der Waals surface area contributed by atoms with E-state index < -0.39 is 11.7 Å². The Morgan fingerprint density at radius 2 is 1.93 bits per heavy atom. The third kappa shape index (κ3) is 3.62. The number of ether oxygens (including phenoxy) is 1. The van der Waals surface area contributed by atoms with Crippen LogP contribution in [0.2, 0.25) is 5.02 Å². The van der Waals surface area contributed by atoms with Gasteiger partial charge in [-0.1, -0.05) is 23.7 Å². The van der Waals surface area contributed by atoms with E-state index in [1.165, 1.54) is 18.4 Å². The van der Waals surface area contributed by atoms with Gasteiger partial charge in [-0.2, -0.15) is 0 Å². The van der Waals surface area contributed by atoms with Gasteiger partial charge < -0.3 is 18.9 Å². The van der Waals surface area contributed by atoms with E-state index in [2.05, 4.69) is 5.32 Å². The van der Waals surface area contributed by atoms with Crippen LogP contribution in [0.1, 0.15) is 33.6 Å². The van der Waals surface area contributed by atoms with Gasteiger partial charge in [-0.25, -0.2) is 0 Å². The summed E-state index contributed by atoms with van der Waals surface area (Å²) in [5.74, 6) is -0.285. The highest BCUT2D eigenvalue weighted by atomic mass is 35.5. The summed E-state index contributed by atoms with van der Waals surface area (Å²) >= 11 is 6.22. The minimum absolute atomic E-state index is 0.00586. The molecule has 2 heterocycles. The molecule has 0 spiro atoms. The van der Waals surface area contributed by atoms with Crippen LogP contribution in [-0.4, -0.2) is 18.3 Å². The molecule has 0 atom stereocenters. The van der Waals surface area contributed by atoms with E-state index in [9.17, 15) is 9.59 Å². The first-order valence-electron chi connectivity index (χ1n) is 8.92. The van der Waals surface area contributed by atoms with Gasteiger partial charge in [0.25, 0.3) is 5.91 Å². The van der Waals surface area contributed by atoms with Crippen molar-refractivity contribution in [1.82, 2.24) is 0 Å². The molecule has 0 radical (unpaired) electrons. The fourth-order valence-corrected chi connectivity index (χ4v) is 3.19. The van der Waals surface area contributed by atoms with Crippen LogP contribution in [0.3, 0.4) is 0 Å². The average molecular weight is 410 g/mol. The Kier molecular flexibility index (Phi) is 5.10. The molecule has 0 fully saturated rings. The summed E-state index contributed by atoms with van der Waals surface area (Å²) in [6.45, 7) is 2.30. The molecule has 0 aliphatic carbocycles. The van der Waals surface area contributed by atoms with Gasteiger partial charge in [0, 0.05) is 10.9 Å². The molecule has 0 aliphatic heterocycles. The molecule has 0 saturated carbocycles. The maximum atomic E-state index is 13.2. The minimum Gasteiger partial charge on any atom is -0.492 e. The molecule has 7 heteroatoms. The molecule has 0 bridgehead atoms. The predicted molar refractivity (Wildman–Crippen MR) is 109 cm³/mol. The quantitative estimate of drug-likeness (QED) is 0.421. The first-order chi connectivity index (χ1) is 14.1. The van der Waals surface area contributed by atoms with E-state index in [0.29, 0.717) is 33.9 Å². The molecule has 4 aromatic rings. The van der Waals surface area contributed by atoms with Crippen LogP contribution in [0.4, 0.5) is 5.69 Å². The zero-order chi connectivity index (χ0) is 20.4. The molecular formula is C22H16ClNO5. The second-order valence-electron chi connectivity index (χ2n) is 6.14. The zero-order valence-electron chi connectivity index (χ0n) is 15.4. The summed E-state index contributed by atoms with van der Waals surface area (Å²) in [4.78, 5) is 25.7. The number of para-hydroxylation sites is 1.